The van der Waals surface area contributed by atoms with Crippen LogP contribution in [-0.2, 0) is 9.47 Å². The summed E-state index contributed by atoms with van der Waals surface area (Å²) in [6, 6.07) is 0.504. The molecule has 5 rings (SSSR count). The number of nitrogens with zero attached hydrogens (tertiary/aromatic N) is 6. The fourth-order valence-corrected chi connectivity index (χ4v) is 5.30. The summed E-state index contributed by atoms with van der Waals surface area (Å²) in [6.45, 7) is 3.18. The van der Waals surface area contributed by atoms with Gasteiger partial charge in [-0.2, -0.15) is 14.4 Å². The summed E-state index contributed by atoms with van der Waals surface area (Å²) in [7, 11) is 0. The number of likely N-dealkylation sites (tertiary alicyclic amines) is 2. The van der Waals surface area contributed by atoms with Gasteiger partial charge in [-0.05, 0) is 38.8 Å². The van der Waals surface area contributed by atoms with Gasteiger partial charge in [0.15, 0.2) is 22.6 Å². The number of halogens is 1. The highest BCUT2D eigenvalue weighted by molar-refractivity contribution is 5.81. The maximum atomic E-state index is 13.7. The number of rotatable bonds is 4. The minimum absolute atomic E-state index is 0.0694. The second-order valence-corrected chi connectivity index (χ2v) is 9.43. The van der Waals surface area contributed by atoms with E-state index in [1.807, 2.05) is 0 Å². The van der Waals surface area contributed by atoms with Crippen LogP contribution in [0, 0.1) is 18.4 Å². The van der Waals surface area contributed by atoms with Crippen LogP contribution in [0.3, 0.4) is 0 Å². The number of nitrogen functional groups attached to an aromatic ring is 1. The zero-order valence-electron chi connectivity index (χ0n) is 19.5. The summed E-state index contributed by atoms with van der Waals surface area (Å²) < 4.78 is 26.7. The van der Waals surface area contributed by atoms with Gasteiger partial charge in [0.2, 0.25) is 0 Å². The van der Waals surface area contributed by atoms with Crippen LogP contribution in [-0.4, -0.2) is 91.1 Å². The number of carbonyl (C=O) groups excluding carboxylic acids is 1. The van der Waals surface area contributed by atoms with Crippen LogP contribution < -0.4 is 5.73 Å². The maximum Gasteiger partial charge on any atom is 0.409 e. The second-order valence-electron chi connectivity index (χ2n) is 9.43. The first-order valence-corrected chi connectivity index (χ1v) is 12.0. The number of imidazole rings is 1. The number of anilines is 1. The second kappa shape index (κ2) is 9.56. The van der Waals surface area contributed by atoms with Crippen LogP contribution in [0.25, 0.3) is 11.2 Å². The first-order chi connectivity index (χ1) is 16.9. The standard InChI is InChI=1S/C23H30FN7O4/c1-2-23(13-34-22(33)30-10-6-15(7-11-30)29-8-4-3-5-9-29)16(32)12-17(35-23)31-14-26-18-19(25)27-21(24)28-20(18)31/h1,14-17,32H,3-13H2,(H2,25,27,28)/t16-,17+,23+/m0/s1. The molecule has 12 heteroatoms. The summed E-state index contributed by atoms with van der Waals surface area (Å²) in [6.07, 6.45) is 9.34. The smallest absolute Gasteiger partial charge is 0.409 e. The molecule has 188 valence electrons. The average Bonchev–Trinajstić information content (AvgIpc) is 3.44. The molecule has 11 nitrogen and oxygen atoms in total. The molecule has 0 saturated carbocycles. The quantitative estimate of drug-likeness (QED) is 0.484. The third kappa shape index (κ3) is 4.51. The molecular weight excluding hydrogens is 457 g/mol. The van der Waals surface area contributed by atoms with Gasteiger partial charge < -0.3 is 30.1 Å². The van der Waals surface area contributed by atoms with Crippen LogP contribution in [0.15, 0.2) is 6.33 Å². The van der Waals surface area contributed by atoms with Crippen LogP contribution in [0.5, 0.6) is 0 Å². The Morgan fingerprint density at radius 2 is 2.03 bits per heavy atom. The van der Waals surface area contributed by atoms with Gasteiger partial charge in [-0.15, -0.1) is 6.42 Å². The molecule has 3 N–H and O–H groups in total. The van der Waals surface area contributed by atoms with E-state index in [-0.39, 0.29) is 30.0 Å². The Hall–Kier alpha value is -3.01. The molecular formula is C23H30FN7O4. The fraction of sp³-hybridized carbons (Fsp3) is 0.652. The third-order valence-electron chi connectivity index (χ3n) is 7.32. The highest BCUT2D eigenvalue weighted by atomic mass is 19.1. The summed E-state index contributed by atoms with van der Waals surface area (Å²) in [5, 5.41) is 10.7. The third-order valence-corrected chi connectivity index (χ3v) is 7.32. The maximum absolute atomic E-state index is 13.7. The lowest BCUT2D eigenvalue weighted by atomic mass is 9.99. The molecule has 3 aliphatic heterocycles. The van der Waals surface area contributed by atoms with Gasteiger partial charge in [-0.3, -0.25) is 4.57 Å². The van der Waals surface area contributed by atoms with Crippen LogP contribution in [0.1, 0.15) is 44.8 Å². The van der Waals surface area contributed by atoms with Crippen LogP contribution in [0.2, 0.25) is 0 Å². The molecule has 5 heterocycles. The molecule has 2 aromatic heterocycles. The van der Waals surface area contributed by atoms with E-state index in [0.717, 1.165) is 25.9 Å². The van der Waals surface area contributed by atoms with Crippen molar-refractivity contribution in [1.82, 2.24) is 29.3 Å². The van der Waals surface area contributed by atoms with E-state index in [2.05, 4.69) is 25.8 Å². The van der Waals surface area contributed by atoms with Crippen LogP contribution in [0.4, 0.5) is 15.0 Å². The summed E-state index contributed by atoms with van der Waals surface area (Å²) >= 11 is 0. The monoisotopic (exact) mass is 487 g/mol. The number of piperidine rings is 2. The normalized spacial score (nSPS) is 28.3. The van der Waals surface area contributed by atoms with Gasteiger partial charge in [0.05, 0.1) is 6.33 Å². The Balaban J connectivity index is 1.21. The van der Waals surface area contributed by atoms with E-state index in [4.69, 9.17) is 21.6 Å². The molecule has 2 aromatic rings. The van der Waals surface area contributed by atoms with Crippen molar-refractivity contribution < 1.29 is 23.8 Å². The van der Waals surface area contributed by atoms with Crippen molar-refractivity contribution in [3.8, 4) is 12.3 Å². The summed E-state index contributed by atoms with van der Waals surface area (Å²) in [5.41, 5.74) is 4.50. The highest BCUT2D eigenvalue weighted by Gasteiger charge is 2.49. The number of fused-ring (bicyclic) bond motifs is 1. The number of aliphatic hydroxyl groups is 1. The number of amides is 1. The number of carbonyl (C=O) groups is 1. The number of aromatic nitrogens is 4. The predicted octanol–water partition coefficient (Wildman–Crippen LogP) is 1.29. The van der Waals surface area contributed by atoms with Gasteiger partial charge >= 0.3 is 12.2 Å². The molecule has 3 aliphatic rings. The lowest BCUT2D eigenvalue weighted by Gasteiger charge is -2.40. The minimum atomic E-state index is -1.56. The molecule has 0 spiro atoms. The van der Waals surface area contributed by atoms with Crippen molar-refractivity contribution in [1.29, 1.82) is 0 Å². The molecule has 3 saturated heterocycles. The van der Waals surface area contributed by atoms with Crippen molar-refractivity contribution in [3.05, 3.63) is 12.4 Å². The van der Waals surface area contributed by atoms with Gasteiger partial charge in [0.1, 0.15) is 18.9 Å². The van der Waals surface area contributed by atoms with E-state index in [1.165, 1.54) is 30.2 Å². The van der Waals surface area contributed by atoms with Crippen molar-refractivity contribution >= 4 is 23.1 Å². The predicted molar refractivity (Wildman–Crippen MR) is 123 cm³/mol. The number of terminal acetylenes is 1. The summed E-state index contributed by atoms with van der Waals surface area (Å²) in [5.74, 6) is 2.35. The number of hydrogen-bond donors (Lipinski definition) is 2. The Morgan fingerprint density at radius 3 is 2.74 bits per heavy atom. The first kappa shape index (κ1) is 23.7. The summed E-state index contributed by atoms with van der Waals surface area (Å²) in [4.78, 5) is 28.3. The zero-order chi connectivity index (χ0) is 24.6. The zero-order valence-corrected chi connectivity index (χ0v) is 19.5. The molecule has 1 amide bonds. The lowest BCUT2D eigenvalue weighted by molar-refractivity contribution is -0.0943. The largest absolute Gasteiger partial charge is 0.445 e. The Kier molecular flexibility index (Phi) is 6.48. The lowest BCUT2D eigenvalue weighted by Crippen LogP contribution is -2.49. The topological polar surface area (TPSA) is 132 Å². The van der Waals surface area contributed by atoms with Crippen molar-refractivity contribution in [2.45, 2.75) is 62.5 Å². The van der Waals surface area contributed by atoms with E-state index in [1.54, 1.807) is 4.90 Å². The Bertz CT molecular complexity index is 1120. The van der Waals surface area contributed by atoms with Gasteiger partial charge in [0, 0.05) is 25.6 Å². The van der Waals surface area contributed by atoms with Crippen molar-refractivity contribution in [2.24, 2.45) is 0 Å². The Morgan fingerprint density at radius 1 is 1.29 bits per heavy atom. The molecule has 0 aromatic carbocycles. The molecule has 0 unspecified atom stereocenters. The van der Waals surface area contributed by atoms with Crippen molar-refractivity contribution in [2.75, 3.05) is 38.5 Å². The average molecular weight is 488 g/mol. The molecule has 0 aliphatic carbocycles. The molecule has 3 fully saturated rings. The van der Waals surface area contributed by atoms with E-state index in [0.29, 0.717) is 19.1 Å². The van der Waals surface area contributed by atoms with Crippen LogP contribution >= 0.6 is 0 Å². The number of aliphatic hydroxyl groups excluding tert-OH is 1. The molecule has 35 heavy (non-hydrogen) atoms. The van der Waals surface area contributed by atoms with Gasteiger partial charge in [-0.25, -0.2) is 9.78 Å². The fourth-order valence-electron chi connectivity index (χ4n) is 5.30. The van der Waals surface area contributed by atoms with E-state index in [9.17, 15) is 14.3 Å². The van der Waals surface area contributed by atoms with Crippen molar-refractivity contribution in [3.63, 3.8) is 0 Å². The molecule has 3 atom stereocenters. The molecule has 0 bridgehead atoms. The number of ether oxygens (including phenoxy) is 2. The van der Waals surface area contributed by atoms with Gasteiger partial charge in [-0.1, -0.05) is 12.3 Å². The Labute approximate surface area is 202 Å². The number of hydrogen-bond acceptors (Lipinski definition) is 9. The number of nitrogens with two attached hydrogens (primary N) is 1. The van der Waals surface area contributed by atoms with E-state index >= 15 is 0 Å². The highest BCUT2D eigenvalue weighted by Crippen LogP contribution is 2.38. The molecule has 0 radical (unpaired) electrons. The van der Waals surface area contributed by atoms with Gasteiger partial charge in [0.25, 0.3) is 0 Å². The first-order valence-electron chi connectivity index (χ1n) is 12.0. The SMILES string of the molecule is C#C[C@]1(COC(=O)N2CCC(N3CCCCC3)CC2)O[C@@H](n2cnc3c(N)nc(F)nc32)C[C@@H]1O. The van der Waals surface area contributed by atoms with E-state index < -0.39 is 30.1 Å². The minimum Gasteiger partial charge on any atom is -0.445 e.